The van der Waals surface area contributed by atoms with E-state index >= 15 is 0 Å². The highest BCUT2D eigenvalue weighted by atomic mass is 32.1. The third kappa shape index (κ3) is 1.95. The number of furan rings is 1. The van der Waals surface area contributed by atoms with Crippen molar-refractivity contribution in [2.24, 2.45) is 0 Å². The van der Waals surface area contributed by atoms with Gasteiger partial charge in [-0.2, -0.15) is 0 Å². The fourth-order valence-corrected chi connectivity index (χ4v) is 2.64. The quantitative estimate of drug-likeness (QED) is 0.757. The minimum absolute atomic E-state index is 0.00435. The molecule has 3 heteroatoms. The van der Waals surface area contributed by atoms with Gasteiger partial charge < -0.3 is 4.42 Å². The van der Waals surface area contributed by atoms with Gasteiger partial charge in [-0.1, -0.05) is 6.92 Å². The number of aryl methyl sites for hydroxylation is 3. The van der Waals surface area contributed by atoms with E-state index in [-0.39, 0.29) is 5.78 Å². The molecule has 2 nitrogen and oxygen atoms in total. The third-order valence-corrected chi connectivity index (χ3v) is 3.63. The smallest absolute Gasteiger partial charge is 0.238 e. The van der Waals surface area contributed by atoms with Crippen LogP contribution in [0.2, 0.25) is 0 Å². The lowest BCUT2D eigenvalue weighted by molar-refractivity contribution is 0.101. The van der Waals surface area contributed by atoms with Crippen molar-refractivity contribution in [3.63, 3.8) is 0 Å². The molecule has 84 valence electrons. The van der Waals surface area contributed by atoms with Crippen molar-refractivity contribution in [3.05, 3.63) is 45.0 Å². The van der Waals surface area contributed by atoms with Crippen molar-refractivity contribution in [2.75, 3.05) is 0 Å². The number of ketones is 1. The van der Waals surface area contributed by atoms with Crippen LogP contribution in [0.25, 0.3) is 0 Å². The highest BCUT2D eigenvalue weighted by molar-refractivity contribution is 7.14. The van der Waals surface area contributed by atoms with Crippen molar-refractivity contribution in [3.8, 4) is 0 Å². The monoisotopic (exact) mass is 234 g/mol. The average Bonchev–Trinajstić information content (AvgIpc) is 2.84. The summed E-state index contributed by atoms with van der Waals surface area (Å²) >= 11 is 1.52. The zero-order valence-electron chi connectivity index (χ0n) is 9.66. The van der Waals surface area contributed by atoms with E-state index in [1.165, 1.54) is 11.3 Å². The molecule has 2 aromatic rings. The Labute approximate surface area is 98.9 Å². The molecule has 0 aliphatic rings. The molecule has 0 amide bonds. The summed E-state index contributed by atoms with van der Waals surface area (Å²) in [6.45, 7) is 5.97. The Bertz CT molecular complexity index is 520. The molecule has 0 saturated carbocycles. The van der Waals surface area contributed by atoms with Crippen molar-refractivity contribution in [1.82, 2.24) is 0 Å². The van der Waals surface area contributed by atoms with Crippen LogP contribution in [0, 0.1) is 13.8 Å². The standard InChI is InChI=1S/C13H14O2S/c1-4-10-5-6-11(15-10)12(14)13-8(2)7-9(3)16-13/h5-7H,4H2,1-3H3. The van der Waals surface area contributed by atoms with Gasteiger partial charge in [0.25, 0.3) is 0 Å². The van der Waals surface area contributed by atoms with Crippen molar-refractivity contribution < 1.29 is 9.21 Å². The fraction of sp³-hybridized carbons (Fsp3) is 0.308. The number of hydrogen-bond acceptors (Lipinski definition) is 3. The molecule has 0 aliphatic heterocycles. The zero-order chi connectivity index (χ0) is 11.7. The average molecular weight is 234 g/mol. The van der Waals surface area contributed by atoms with E-state index in [9.17, 15) is 4.79 Å². The summed E-state index contributed by atoms with van der Waals surface area (Å²) in [4.78, 5) is 14.1. The molecule has 2 aromatic heterocycles. The Morgan fingerprint density at radius 1 is 1.38 bits per heavy atom. The zero-order valence-corrected chi connectivity index (χ0v) is 10.5. The minimum atomic E-state index is -0.00435. The molecule has 0 aromatic carbocycles. The van der Waals surface area contributed by atoms with Crippen LogP contribution in [0.4, 0.5) is 0 Å². The molecule has 2 heterocycles. The SMILES string of the molecule is CCc1ccc(C(=O)c2sc(C)cc2C)o1. The highest BCUT2D eigenvalue weighted by Crippen LogP contribution is 2.24. The van der Waals surface area contributed by atoms with E-state index in [0.29, 0.717) is 5.76 Å². The third-order valence-electron chi connectivity index (χ3n) is 2.48. The van der Waals surface area contributed by atoms with Gasteiger partial charge in [-0.3, -0.25) is 4.79 Å². The van der Waals surface area contributed by atoms with Crippen LogP contribution in [-0.4, -0.2) is 5.78 Å². The number of hydrogen-bond donors (Lipinski definition) is 0. The van der Waals surface area contributed by atoms with Crippen molar-refractivity contribution in [1.29, 1.82) is 0 Å². The summed E-state index contributed by atoms with van der Waals surface area (Å²) < 4.78 is 5.47. The molecule has 0 N–H and O–H groups in total. The van der Waals surface area contributed by atoms with E-state index in [1.807, 2.05) is 32.9 Å². The first kappa shape index (κ1) is 11.1. The first-order valence-corrected chi connectivity index (χ1v) is 6.14. The van der Waals surface area contributed by atoms with Crippen LogP contribution in [0.5, 0.6) is 0 Å². The molecule has 2 rings (SSSR count). The predicted octanol–water partition coefficient (Wildman–Crippen LogP) is 3.75. The molecule has 0 unspecified atom stereocenters. The molecule has 0 spiro atoms. The van der Waals surface area contributed by atoms with Crippen LogP contribution >= 0.6 is 11.3 Å². The first-order valence-electron chi connectivity index (χ1n) is 5.32. The summed E-state index contributed by atoms with van der Waals surface area (Å²) in [5, 5.41) is 0. The Hall–Kier alpha value is -1.35. The van der Waals surface area contributed by atoms with Crippen LogP contribution in [0.15, 0.2) is 22.6 Å². The van der Waals surface area contributed by atoms with Crippen LogP contribution in [0.3, 0.4) is 0 Å². The second-order valence-corrected chi connectivity index (χ2v) is 5.07. The summed E-state index contributed by atoms with van der Waals surface area (Å²) in [6, 6.07) is 5.65. The highest BCUT2D eigenvalue weighted by Gasteiger charge is 2.17. The van der Waals surface area contributed by atoms with Gasteiger partial charge in [-0.05, 0) is 37.6 Å². The van der Waals surface area contributed by atoms with Crippen LogP contribution in [-0.2, 0) is 6.42 Å². The van der Waals surface area contributed by atoms with Gasteiger partial charge in [-0.25, -0.2) is 0 Å². The van der Waals surface area contributed by atoms with Gasteiger partial charge in [0.1, 0.15) is 5.76 Å². The lowest BCUT2D eigenvalue weighted by atomic mass is 10.2. The topological polar surface area (TPSA) is 30.2 Å². The van der Waals surface area contributed by atoms with Gasteiger partial charge in [0.05, 0.1) is 4.88 Å². The number of thiophene rings is 1. The largest absolute Gasteiger partial charge is 0.458 e. The van der Waals surface area contributed by atoms with Crippen LogP contribution in [0.1, 0.15) is 38.6 Å². The van der Waals surface area contributed by atoms with E-state index in [0.717, 1.165) is 27.5 Å². The fourth-order valence-electron chi connectivity index (χ4n) is 1.67. The molecule has 0 radical (unpaired) electrons. The molecule has 0 fully saturated rings. The second-order valence-electron chi connectivity index (χ2n) is 3.82. The first-order chi connectivity index (χ1) is 7.61. The number of carbonyl (C=O) groups excluding carboxylic acids is 1. The maximum absolute atomic E-state index is 12.1. The van der Waals surface area contributed by atoms with E-state index < -0.39 is 0 Å². The maximum Gasteiger partial charge on any atom is 0.238 e. The summed E-state index contributed by atoms with van der Waals surface area (Å²) in [6.07, 6.45) is 0.815. The van der Waals surface area contributed by atoms with Gasteiger partial charge >= 0.3 is 0 Å². The van der Waals surface area contributed by atoms with Gasteiger partial charge in [0, 0.05) is 11.3 Å². The summed E-state index contributed by atoms with van der Waals surface area (Å²) in [5.41, 5.74) is 1.03. The lowest BCUT2D eigenvalue weighted by Gasteiger charge is -1.95. The van der Waals surface area contributed by atoms with E-state index in [2.05, 4.69) is 0 Å². The van der Waals surface area contributed by atoms with Crippen molar-refractivity contribution in [2.45, 2.75) is 27.2 Å². The second kappa shape index (κ2) is 4.26. The van der Waals surface area contributed by atoms with Gasteiger partial charge in [-0.15, -0.1) is 11.3 Å². The number of carbonyl (C=O) groups is 1. The summed E-state index contributed by atoms with van der Waals surface area (Å²) in [7, 11) is 0. The number of rotatable bonds is 3. The lowest BCUT2D eigenvalue weighted by Crippen LogP contribution is -1.98. The molecule has 0 atom stereocenters. The molecule has 0 aliphatic carbocycles. The van der Waals surface area contributed by atoms with E-state index in [4.69, 9.17) is 4.42 Å². The van der Waals surface area contributed by atoms with Crippen LogP contribution < -0.4 is 0 Å². The Kier molecular flexibility index (Phi) is 2.97. The Morgan fingerprint density at radius 3 is 2.62 bits per heavy atom. The normalized spacial score (nSPS) is 10.7. The Morgan fingerprint density at radius 2 is 2.12 bits per heavy atom. The molecule has 0 saturated heterocycles. The van der Waals surface area contributed by atoms with E-state index in [1.54, 1.807) is 6.07 Å². The molecular formula is C13H14O2S. The maximum atomic E-state index is 12.1. The van der Waals surface area contributed by atoms with Gasteiger partial charge in [0.15, 0.2) is 5.76 Å². The summed E-state index contributed by atoms with van der Waals surface area (Å²) in [5.74, 6) is 1.30. The molecule has 0 bridgehead atoms. The van der Waals surface area contributed by atoms with Gasteiger partial charge in [0.2, 0.25) is 5.78 Å². The van der Waals surface area contributed by atoms with Crippen molar-refractivity contribution >= 4 is 17.1 Å². The molecule has 16 heavy (non-hydrogen) atoms. The molecular weight excluding hydrogens is 220 g/mol. The predicted molar refractivity (Wildman–Crippen MR) is 65.3 cm³/mol. The Balaban J connectivity index is 2.35. The minimum Gasteiger partial charge on any atom is -0.458 e.